The van der Waals surface area contributed by atoms with E-state index in [1.165, 1.54) is 11.3 Å². The highest BCUT2D eigenvalue weighted by Gasteiger charge is 2.29. The predicted octanol–water partition coefficient (Wildman–Crippen LogP) is 3.98. The standard InChI is InChI=1S/C20H22N2O3S2/c1-15-5-4-6-16(13-15)14-27(23,24)22-11-9-17(10-12-22)25-20-21-18-7-2-3-8-19(18)26-20/h2-8,13,17H,9-12,14H2,1H3. The van der Waals surface area contributed by atoms with E-state index in [1.54, 1.807) is 4.31 Å². The van der Waals surface area contributed by atoms with Gasteiger partial charge in [0, 0.05) is 13.1 Å². The van der Waals surface area contributed by atoms with E-state index >= 15 is 0 Å². The zero-order valence-corrected chi connectivity index (χ0v) is 16.8. The second-order valence-corrected chi connectivity index (χ2v) is 9.87. The minimum absolute atomic E-state index is 0.0102. The highest BCUT2D eigenvalue weighted by molar-refractivity contribution is 7.88. The molecular formula is C20H22N2O3S2. The zero-order chi connectivity index (χ0) is 18.9. The number of fused-ring (bicyclic) bond motifs is 1. The third-order valence-corrected chi connectivity index (χ3v) is 7.54. The van der Waals surface area contributed by atoms with Gasteiger partial charge in [-0.05, 0) is 37.5 Å². The van der Waals surface area contributed by atoms with Crippen LogP contribution in [0.5, 0.6) is 5.19 Å². The molecule has 3 aromatic rings. The van der Waals surface area contributed by atoms with E-state index in [1.807, 2.05) is 55.5 Å². The number of piperidine rings is 1. The second-order valence-electron chi connectivity index (χ2n) is 6.91. The number of nitrogens with zero attached hydrogens (tertiary/aromatic N) is 2. The molecule has 27 heavy (non-hydrogen) atoms. The summed E-state index contributed by atoms with van der Waals surface area (Å²) < 4.78 is 34.2. The molecule has 0 unspecified atom stereocenters. The van der Waals surface area contributed by atoms with Crippen LogP contribution in [0.1, 0.15) is 24.0 Å². The minimum atomic E-state index is -3.31. The van der Waals surface area contributed by atoms with Crippen LogP contribution in [0.4, 0.5) is 0 Å². The lowest BCUT2D eigenvalue weighted by molar-refractivity contribution is 0.135. The van der Waals surface area contributed by atoms with Crippen molar-refractivity contribution in [2.24, 2.45) is 0 Å². The Morgan fingerprint density at radius 1 is 1.15 bits per heavy atom. The Morgan fingerprint density at radius 3 is 2.67 bits per heavy atom. The van der Waals surface area contributed by atoms with Crippen LogP contribution < -0.4 is 4.74 Å². The molecule has 1 aromatic heterocycles. The highest BCUT2D eigenvalue weighted by Crippen LogP contribution is 2.30. The molecule has 0 spiro atoms. The van der Waals surface area contributed by atoms with Crippen molar-refractivity contribution in [1.29, 1.82) is 0 Å². The van der Waals surface area contributed by atoms with Crippen LogP contribution >= 0.6 is 11.3 Å². The van der Waals surface area contributed by atoms with Crippen LogP contribution in [-0.2, 0) is 15.8 Å². The van der Waals surface area contributed by atoms with Gasteiger partial charge < -0.3 is 4.74 Å². The first-order valence-electron chi connectivity index (χ1n) is 9.05. The molecule has 0 radical (unpaired) electrons. The van der Waals surface area contributed by atoms with Crippen molar-refractivity contribution in [2.45, 2.75) is 31.6 Å². The molecule has 1 saturated heterocycles. The van der Waals surface area contributed by atoms with E-state index in [9.17, 15) is 8.42 Å². The third kappa shape index (κ3) is 4.31. The van der Waals surface area contributed by atoms with Crippen molar-refractivity contribution in [1.82, 2.24) is 9.29 Å². The fraction of sp³-hybridized carbons (Fsp3) is 0.350. The topological polar surface area (TPSA) is 59.5 Å². The molecule has 1 aliphatic heterocycles. The Labute approximate surface area is 163 Å². The van der Waals surface area contributed by atoms with Crippen molar-refractivity contribution >= 4 is 31.6 Å². The van der Waals surface area contributed by atoms with Crippen LogP contribution in [0.25, 0.3) is 10.2 Å². The summed E-state index contributed by atoms with van der Waals surface area (Å²) >= 11 is 1.54. The average molecular weight is 403 g/mol. The molecule has 0 saturated carbocycles. The van der Waals surface area contributed by atoms with Gasteiger partial charge in [0.1, 0.15) is 6.10 Å². The summed E-state index contributed by atoms with van der Waals surface area (Å²) in [4.78, 5) is 4.50. The van der Waals surface area contributed by atoms with Crippen LogP contribution in [0.15, 0.2) is 48.5 Å². The molecule has 4 rings (SSSR count). The number of aryl methyl sites for hydroxylation is 1. The number of aromatic nitrogens is 1. The maximum absolute atomic E-state index is 12.7. The van der Waals surface area contributed by atoms with Gasteiger partial charge >= 0.3 is 0 Å². The summed E-state index contributed by atoms with van der Waals surface area (Å²) in [7, 11) is -3.31. The average Bonchev–Trinajstić information content (AvgIpc) is 3.04. The maximum Gasteiger partial charge on any atom is 0.274 e. The number of thiazole rings is 1. The van der Waals surface area contributed by atoms with Gasteiger partial charge in [-0.3, -0.25) is 0 Å². The van der Waals surface area contributed by atoms with E-state index in [4.69, 9.17) is 4.74 Å². The summed E-state index contributed by atoms with van der Waals surface area (Å²) in [6.45, 7) is 2.95. The molecule has 0 aliphatic carbocycles. The monoisotopic (exact) mass is 402 g/mol. The second kappa shape index (κ2) is 7.58. The number of rotatable bonds is 5. The van der Waals surface area contributed by atoms with Crippen molar-refractivity contribution in [3.05, 3.63) is 59.7 Å². The van der Waals surface area contributed by atoms with E-state index < -0.39 is 10.0 Å². The predicted molar refractivity (Wildman–Crippen MR) is 109 cm³/mol. The zero-order valence-electron chi connectivity index (χ0n) is 15.2. The molecular weight excluding hydrogens is 380 g/mol. The summed E-state index contributed by atoms with van der Waals surface area (Å²) in [5.41, 5.74) is 2.85. The van der Waals surface area contributed by atoms with Crippen molar-refractivity contribution in [2.75, 3.05) is 13.1 Å². The van der Waals surface area contributed by atoms with Crippen molar-refractivity contribution in [3.8, 4) is 5.19 Å². The van der Waals surface area contributed by atoms with Gasteiger partial charge in [-0.2, -0.15) is 0 Å². The molecule has 2 aromatic carbocycles. The number of para-hydroxylation sites is 1. The van der Waals surface area contributed by atoms with Crippen LogP contribution in [0.3, 0.4) is 0 Å². The highest BCUT2D eigenvalue weighted by atomic mass is 32.2. The molecule has 0 atom stereocenters. The Bertz CT molecular complexity index is 1010. The summed E-state index contributed by atoms with van der Waals surface area (Å²) in [5.74, 6) is 0.0536. The molecule has 5 nitrogen and oxygen atoms in total. The Balaban J connectivity index is 1.36. The number of sulfonamides is 1. The summed E-state index contributed by atoms with van der Waals surface area (Å²) in [6.07, 6.45) is 1.38. The fourth-order valence-corrected chi connectivity index (χ4v) is 5.81. The normalized spacial score (nSPS) is 16.6. The van der Waals surface area contributed by atoms with Gasteiger partial charge in [-0.1, -0.05) is 53.3 Å². The Morgan fingerprint density at radius 2 is 1.93 bits per heavy atom. The molecule has 2 heterocycles. The summed E-state index contributed by atoms with van der Waals surface area (Å²) in [5, 5.41) is 0.664. The van der Waals surface area contributed by atoms with Crippen LogP contribution in [-0.4, -0.2) is 36.9 Å². The smallest absolute Gasteiger partial charge is 0.274 e. The number of ether oxygens (including phenoxy) is 1. The van der Waals surface area contributed by atoms with Crippen molar-refractivity contribution < 1.29 is 13.2 Å². The largest absolute Gasteiger partial charge is 0.467 e. The van der Waals surface area contributed by atoms with Gasteiger partial charge in [0.15, 0.2) is 0 Å². The van der Waals surface area contributed by atoms with E-state index in [2.05, 4.69) is 4.98 Å². The summed E-state index contributed by atoms with van der Waals surface area (Å²) in [6, 6.07) is 15.6. The lowest BCUT2D eigenvalue weighted by Crippen LogP contribution is -2.42. The van der Waals surface area contributed by atoms with Crippen LogP contribution in [0.2, 0.25) is 0 Å². The number of hydrogen-bond acceptors (Lipinski definition) is 5. The first-order valence-corrected chi connectivity index (χ1v) is 11.5. The van der Waals surface area contributed by atoms with Gasteiger partial charge in [-0.15, -0.1) is 0 Å². The van der Waals surface area contributed by atoms with E-state index in [0.717, 1.165) is 21.3 Å². The molecule has 142 valence electrons. The molecule has 1 fully saturated rings. The molecule has 1 aliphatic rings. The SMILES string of the molecule is Cc1cccc(CS(=O)(=O)N2CCC(Oc3nc4ccccc4s3)CC2)c1. The van der Waals surface area contributed by atoms with Gasteiger partial charge in [-0.25, -0.2) is 17.7 Å². The Hall–Kier alpha value is -1.96. The molecule has 0 N–H and O–H groups in total. The number of benzene rings is 2. The Kier molecular flexibility index (Phi) is 5.16. The molecule has 7 heteroatoms. The van der Waals surface area contributed by atoms with Gasteiger partial charge in [0.05, 0.1) is 16.0 Å². The van der Waals surface area contributed by atoms with Crippen LogP contribution in [0, 0.1) is 6.92 Å². The fourth-order valence-electron chi connectivity index (χ4n) is 3.38. The third-order valence-electron chi connectivity index (χ3n) is 4.77. The van der Waals surface area contributed by atoms with Gasteiger partial charge in [0.25, 0.3) is 5.19 Å². The van der Waals surface area contributed by atoms with E-state index in [0.29, 0.717) is 31.1 Å². The lowest BCUT2D eigenvalue weighted by atomic mass is 10.1. The quantitative estimate of drug-likeness (QED) is 0.648. The minimum Gasteiger partial charge on any atom is -0.467 e. The molecule has 0 amide bonds. The lowest BCUT2D eigenvalue weighted by Gasteiger charge is -2.30. The number of hydrogen-bond donors (Lipinski definition) is 0. The van der Waals surface area contributed by atoms with E-state index in [-0.39, 0.29) is 11.9 Å². The van der Waals surface area contributed by atoms with Gasteiger partial charge in [0.2, 0.25) is 10.0 Å². The molecule has 0 bridgehead atoms. The van der Waals surface area contributed by atoms with Crippen molar-refractivity contribution in [3.63, 3.8) is 0 Å². The first kappa shape index (κ1) is 18.4. The maximum atomic E-state index is 12.7. The first-order chi connectivity index (χ1) is 13.0.